The Morgan fingerprint density at radius 2 is 2.00 bits per heavy atom. The smallest absolute Gasteiger partial charge is 0.231 e. The Balaban J connectivity index is 2.15. The van der Waals surface area contributed by atoms with Crippen LogP contribution in [0.15, 0.2) is 6.07 Å². The first-order valence-corrected chi connectivity index (χ1v) is 7.67. The van der Waals surface area contributed by atoms with Gasteiger partial charge in [-0.05, 0) is 25.2 Å². The summed E-state index contributed by atoms with van der Waals surface area (Å²) in [6, 6.07) is 1.70. The first-order chi connectivity index (χ1) is 9.26. The van der Waals surface area contributed by atoms with Gasteiger partial charge in [-0.2, -0.15) is 9.97 Å². The molecule has 0 bridgehead atoms. The van der Waals surface area contributed by atoms with Crippen molar-refractivity contribution in [2.24, 2.45) is 5.92 Å². The third-order valence-corrected chi connectivity index (χ3v) is 3.86. The van der Waals surface area contributed by atoms with Gasteiger partial charge in [0, 0.05) is 18.4 Å². The standard InChI is InChI=1S/C13H20BrN3O2/c1-18-11-8-12(19-2)16-13(15-11)17-7-3-4-10(9-17)5-6-14/h8,10H,3-7,9H2,1-2H3. The van der Waals surface area contributed by atoms with Crippen molar-refractivity contribution in [1.29, 1.82) is 0 Å². The Morgan fingerprint density at radius 3 is 2.58 bits per heavy atom. The quantitative estimate of drug-likeness (QED) is 0.777. The summed E-state index contributed by atoms with van der Waals surface area (Å²) in [4.78, 5) is 11.1. The molecule has 1 aliphatic heterocycles. The van der Waals surface area contributed by atoms with E-state index >= 15 is 0 Å². The van der Waals surface area contributed by atoms with Crippen LogP contribution < -0.4 is 14.4 Å². The number of hydrogen-bond donors (Lipinski definition) is 0. The zero-order valence-electron chi connectivity index (χ0n) is 11.4. The number of nitrogens with zero attached hydrogens (tertiary/aromatic N) is 3. The molecule has 2 heterocycles. The van der Waals surface area contributed by atoms with E-state index in [1.165, 1.54) is 19.3 Å². The van der Waals surface area contributed by atoms with Gasteiger partial charge in [0.1, 0.15) is 0 Å². The van der Waals surface area contributed by atoms with E-state index < -0.39 is 0 Å². The Morgan fingerprint density at radius 1 is 1.32 bits per heavy atom. The number of aromatic nitrogens is 2. The molecule has 0 aromatic carbocycles. The van der Waals surface area contributed by atoms with Crippen LogP contribution >= 0.6 is 15.9 Å². The van der Waals surface area contributed by atoms with Crippen LogP contribution in [0.1, 0.15) is 19.3 Å². The van der Waals surface area contributed by atoms with Crippen LogP contribution in [0.5, 0.6) is 11.8 Å². The minimum absolute atomic E-state index is 0.546. The van der Waals surface area contributed by atoms with E-state index in [4.69, 9.17) is 9.47 Å². The van der Waals surface area contributed by atoms with Crippen LogP contribution in [0.2, 0.25) is 0 Å². The molecule has 19 heavy (non-hydrogen) atoms. The fourth-order valence-corrected chi connectivity index (χ4v) is 3.03. The molecule has 106 valence electrons. The second-order valence-corrected chi connectivity index (χ2v) is 5.48. The van der Waals surface area contributed by atoms with Gasteiger partial charge in [0.2, 0.25) is 17.7 Å². The Bertz CT molecular complexity index is 393. The lowest BCUT2D eigenvalue weighted by molar-refractivity contribution is 0.365. The van der Waals surface area contributed by atoms with Crippen LogP contribution in [0, 0.1) is 5.92 Å². The molecule has 0 N–H and O–H groups in total. The van der Waals surface area contributed by atoms with E-state index in [1.807, 2.05) is 0 Å². The highest BCUT2D eigenvalue weighted by Gasteiger charge is 2.22. The molecule has 1 unspecified atom stereocenters. The van der Waals surface area contributed by atoms with Crippen molar-refractivity contribution in [2.45, 2.75) is 19.3 Å². The van der Waals surface area contributed by atoms with Crippen molar-refractivity contribution in [3.05, 3.63) is 6.07 Å². The molecule has 0 amide bonds. The first-order valence-electron chi connectivity index (χ1n) is 6.54. The maximum atomic E-state index is 5.20. The van der Waals surface area contributed by atoms with E-state index in [-0.39, 0.29) is 0 Å². The number of alkyl halides is 1. The Hall–Kier alpha value is -1.04. The molecule has 5 nitrogen and oxygen atoms in total. The minimum atomic E-state index is 0.546. The van der Waals surface area contributed by atoms with E-state index in [1.54, 1.807) is 20.3 Å². The van der Waals surface area contributed by atoms with Gasteiger partial charge in [-0.1, -0.05) is 15.9 Å². The predicted octanol–water partition coefficient (Wildman–Crippen LogP) is 2.50. The van der Waals surface area contributed by atoms with Crippen molar-refractivity contribution in [3.8, 4) is 11.8 Å². The third-order valence-electron chi connectivity index (χ3n) is 3.40. The van der Waals surface area contributed by atoms with Crippen molar-refractivity contribution in [1.82, 2.24) is 9.97 Å². The fraction of sp³-hybridized carbons (Fsp3) is 0.692. The van der Waals surface area contributed by atoms with Crippen LogP contribution in [0.3, 0.4) is 0 Å². The number of ether oxygens (including phenoxy) is 2. The zero-order valence-corrected chi connectivity index (χ0v) is 13.0. The number of hydrogen-bond acceptors (Lipinski definition) is 5. The van der Waals surface area contributed by atoms with Crippen LogP contribution in [-0.2, 0) is 0 Å². The SMILES string of the molecule is COc1cc(OC)nc(N2CCCC(CCBr)C2)n1. The lowest BCUT2D eigenvalue weighted by Gasteiger charge is -2.32. The highest BCUT2D eigenvalue weighted by atomic mass is 79.9. The van der Waals surface area contributed by atoms with Gasteiger partial charge in [-0.25, -0.2) is 0 Å². The summed E-state index contributed by atoms with van der Waals surface area (Å²) in [5, 5.41) is 1.05. The molecule has 1 aliphatic rings. The van der Waals surface area contributed by atoms with Crippen LogP contribution in [0.4, 0.5) is 5.95 Å². The third kappa shape index (κ3) is 3.72. The summed E-state index contributed by atoms with van der Waals surface area (Å²) in [5.74, 6) is 2.50. The maximum absolute atomic E-state index is 5.20. The van der Waals surface area contributed by atoms with E-state index in [0.717, 1.165) is 18.4 Å². The summed E-state index contributed by atoms with van der Waals surface area (Å²) in [5.41, 5.74) is 0. The van der Waals surface area contributed by atoms with Gasteiger partial charge in [-0.3, -0.25) is 0 Å². The number of halogens is 1. The summed E-state index contributed by atoms with van der Waals surface area (Å²) in [7, 11) is 3.21. The molecular formula is C13H20BrN3O2. The van der Waals surface area contributed by atoms with Gasteiger partial charge in [0.15, 0.2) is 0 Å². The fourth-order valence-electron chi connectivity index (χ4n) is 2.38. The predicted molar refractivity (Wildman–Crippen MR) is 78.5 cm³/mol. The second-order valence-electron chi connectivity index (χ2n) is 4.68. The van der Waals surface area contributed by atoms with Crippen LogP contribution in [0.25, 0.3) is 0 Å². The molecule has 0 spiro atoms. The first kappa shape index (κ1) is 14.4. The molecule has 6 heteroatoms. The molecule has 2 rings (SSSR count). The van der Waals surface area contributed by atoms with Gasteiger partial charge in [-0.15, -0.1) is 0 Å². The molecule has 1 saturated heterocycles. The van der Waals surface area contributed by atoms with Crippen molar-refractivity contribution in [3.63, 3.8) is 0 Å². The number of anilines is 1. The summed E-state index contributed by atoms with van der Waals surface area (Å²) >= 11 is 3.52. The zero-order chi connectivity index (χ0) is 13.7. The lowest BCUT2D eigenvalue weighted by Crippen LogP contribution is -2.36. The molecule has 0 radical (unpaired) electrons. The van der Waals surface area contributed by atoms with Crippen molar-refractivity contribution >= 4 is 21.9 Å². The summed E-state index contributed by atoms with van der Waals surface area (Å²) in [6.07, 6.45) is 3.65. The summed E-state index contributed by atoms with van der Waals surface area (Å²) < 4.78 is 10.4. The largest absolute Gasteiger partial charge is 0.481 e. The van der Waals surface area contributed by atoms with Gasteiger partial charge in [0.25, 0.3) is 0 Å². The average molecular weight is 330 g/mol. The number of rotatable bonds is 5. The van der Waals surface area contributed by atoms with Crippen molar-refractivity contribution < 1.29 is 9.47 Å². The summed E-state index contributed by atoms with van der Waals surface area (Å²) in [6.45, 7) is 2.00. The molecule has 1 aromatic heterocycles. The van der Waals surface area contributed by atoms with E-state index in [9.17, 15) is 0 Å². The van der Waals surface area contributed by atoms with Crippen LogP contribution in [-0.4, -0.2) is 42.6 Å². The molecular weight excluding hydrogens is 310 g/mol. The minimum Gasteiger partial charge on any atom is -0.481 e. The topological polar surface area (TPSA) is 47.5 Å². The average Bonchev–Trinajstić information content (AvgIpc) is 2.47. The lowest BCUT2D eigenvalue weighted by atomic mass is 9.96. The highest BCUT2D eigenvalue weighted by Crippen LogP contribution is 2.26. The van der Waals surface area contributed by atoms with E-state index in [0.29, 0.717) is 23.6 Å². The maximum Gasteiger partial charge on any atom is 0.231 e. The monoisotopic (exact) mass is 329 g/mol. The van der Waals surface area contributed by atoms with Gasteiger partial charge >= 0.3 is 0 Å². The molecule has 1 aromatic rings. The molecule has 1 fully saturated rings. The molecule has 0 aliphatic carbocycles. The normalized spacial score (nSPS) is 19.3. The Labute approximate surface area is 122 Å². The van der Waals surface area contributed by atoms with Gasteiger partial charge in [0.05, 0.1) is 20.3 Å². The molecule has 1 atom stereocenters. The number of piperidine rings is 1. The van der Waals surface area contributed by atoms with Gasteiger partial charge < -0.3 is 14.4 Å². The number of methoxy groups -OCH3 is 2. The van der Waals surface area contributed by atoms with Crippen molar-refractivity contribution in [2.75, 3.05) is 37.5 Å². The van der Waals surface area contributed by atoms with E-state index in [2.05, 4.69) is 30.8 Å². The second kappa shape index (κ2) is 6.93. The highest BCUT2D eigenvalue weighted by molar-refractivity contribution is 9.09. The Kier molecular flexibility index (Phi) is 5.24. The molecule has 0 saturated carbocycles.